The SMILES string of the molecule is CCC1(CNc2nc3cc(C)ccc3s2)CC1. The van der Waals surface area contributed by atoms with E-state index in [0.717, 1.165) is 17.2 Å². The molecule has 0 unspecified atom stereocenters. The topological polar surface area (TPSA) is 24.9 Å². The largest absolute Gasteiger partial charge is 0.361 e. The van der Waals surface area contributed by atoms with Crippen LogP contribution in [0.1, 0.15) is 31.7 Å². The number of thiazole rings is 1. The summed E-state index contributed by atoms with van der Waals surface area (Å²) >= 11 is 1.76. The summed E-state index contributed by atoms with van der Waals surface area (Å²) in [6, 6.07) is 6.47. The van der Waals surface area contributed by atoms with Crippen LogP contribution in [0.4, 0.5) is 5.13 Å². The molecule has 0 saturated heterocycles. The Bertz CT molecular complexity index is 540. The van der Waals surface area contributed by atoms with Gasteiger partial charge in [0.25, 0.3) is 0 Å². The number of aryl methyl sites for hydroxylation is 1. The predicted octanol–water partition coefficient (Wildman–Crippen LogP) is 4.21. The van der Waals surface area contributed by atoms with Crippen LogP contribution < -0.4 is 5.32 Å². The van der Waals surface area contributed by atoms with E-state index < -0.39 is 0 Å². The Labute approximate surface area is 106 Å². The van der Waals surface area contributed by atoms with Crippen LogP contribution in [0.2, 0.25) is 0 Å². The quantitative estimate of drug-likeness (QED) is 0.874. The molecule has 0 atom stereocenters. The van der Waals surface area contributed by atoms with Crippen LogP contribution in [0.15, 0.2) is 18.2 Å². The first-order chi connectivity index (χ1) is 8.21. The number of nitrogens with zero attached hydrogens (tertiary/aromatic N) is 1. The molecule has 3 rings (SSSR count). The van der Waals surface area contributed by atoms with Crippen molar-refractivity contribution in [1.82, 2.24) is 4.98 Å². The van der Waals surface area contributed by atoms with Crippen LogP contribution in [-0.4, -0.2) is 11.5 Å². The zero-order valence-electron chi connectivity index (χ0n) is 10.4. The third kappa shape index (κ3) is 2.16. The molecule has 0 radical (unpaired) electrons. The lowest BCUT2D eigenvalue weighted by molar-refractivity contribution is 0.521. The second-order valence-electron chi connectivity index (χ2n) is 5.20. The number of hydrogen-bond acceptors (Lipinski definition) is 3. The van der Waals surface area contributed by atoms with Gasteiger partial charge in [0, 0.05) is 6.54 Å². The fourth-order valence-corrected chi connectivity index (χ4v) is 3.05. The first kappa shape index (κ1) is 11.0. The smallest absolute Gasteiger partial charge is 0.183 e. The van der Waals surface area contributed by atoms with E-state index in [-0.39, 0.29) is 0 Å². The summed E-state index contributed by atoms with van der Waals surface area (Å²) in [6.45, 7) is 5.49. The Balaban J connectivity index is 1.77. The van der Waals surface area contributed by atoms with E-state index in [2.05, 4.69) is 42.3 Å². The molecular weight excluding hydrogens is 228 g/mol. The van der Waals surface area contributed by atoms with Crippen molar-refractivity contribution in [3.63, 3.8) is 0 Å². The van der Waals surface area contributed by atoms with Crippen molar-refractivity contribution in [2.75, 3.05) is 11.9 Å². The van der Waals surface area contributed by atoms with Gasteiger partial charge in [0.15, 0.2) is 5.13 Å². The highest BCUT2D eigenvalue weighted by Crippen LogP contribution is 2.48. The normalized spacial score (nSPS) is 17.3. The monoisotopic (exact) mass is 246 g/mol. The van der Waals surface area contributed by atoms with Crippen molar-refractivity contribution in [2.24, 2.45) is 5.41 Å². The van der Waals surface area contributed by atoms with Crippen molar-refractivity contribution >= 4 is 26.7 Å². The van der Waals surface area contributed by atoms with E-state index in [4.69, 9.17) is 0 Å². The fourth-order valence-electron chi connectivity index (χ4n) is 2.21. The van der Waals surface area contributed by atoms with Gasteiger partial charge in [0.05, 0.1) is 10.2 Å². The number of rotatable bonds is 4. The third-order valence-electron chi connectivity index (χ3n) is 3.86. The Morgan fingerprint density at radius 1 is 1.41 bits per heavy atom. The molecule has 0 amide bonds. The van der Waals surface area contributed by atoms with Crippen molar-refractivity contribution < 1.29 is 0 Å². The van der Waals surface area contributed by atoms with Crippen LogP contribution in [0.25, 0.3) is 10.2 Å². The Morgan fingerprint density at radius 2 is 2.24 bits per heavy atom. The summed E-state index contributed by atoms with van der Waals surface area (Å²) in [7, 11) is 0. The van der Waals surface area contributed by atoms with Crippen LogP contribution >= 0.6 is 11.3 Å². The first-order valence-electron chi connectivity index (χ1n) is 6.32. The average Bonchev–Trinajstić information content (AvgIpc) is 3.00. The van der Waals surface area contributed by atoms with Gasteiger partial charge in [-0.1, -0.05) is 24.3 Å². The molecule has 1 aromatic heterocycles. The van der Waals surface area contributed by atoms with Gasteiger partial charge >= 0.3 is 0 Å². The molecule has 90 valence electrons. The van der Waals surface area contributed by atoms with Crippen molar-refractivity contribution in [1.29, 1.82) is 0 Å². The van der Waals surface area contributed by atoms with Crippen LogP contribution in [0.5, 0.6) is 0 Å². The van der Waals surface area contributed by atoms with Gasteiger partial charge in [-0.3, -0.25) is 0 Å². The third-order valence-corrected chi connectivity index (χ3v) is 4.86. The second-order valence-corrected chi connectivity index (χ2v) is 6.23. The lowest BCUT2D eigenvalue weighted by Crippen LogP contribution is -2.13. The number of hydrogen-bond donors (Lipinski definition) is 1. The van der Waals surface area contributed by atoms with E-state index in [1.165, 1.54) is 29.5 Å². The van der Waals surface area contributed by atoms with Crippen LogP contribution in [0, 0.1) is 12.3 Å². The standard InChI is InChI=1S/C14H18N2S/c1-3-14(6-7-14)9-15-13-16-11-8-10(2)4-5-12(11)17-13/h4-5,8H,3,6-7,9H2,1-2H3,(H,15,16). The Kier molecular flexibility index (Phi) is 2.58. The van der Waals surface area contributed by atoms with Crippen molar-refractivity contribution in [3.05, 3.63) is 23.8 Å². The van der Waals surface area contributed by atoms with Crippen molar-refractivity contribution in [3.8, 4) is 0 Å². The lowest BCUT2D eigenvalue weighted by atomic mass is 10.0. The molecule has 0 spiro atoms. The number of nitrogens with one attached hydrogen (secondary N) is 1. The van der Waals surface area contributed by atoms with Gasteiger partial charge in [-0.05, 0) is 49.3 Å². The lowest BCUT2D eigenvalue weighted by Gasteiger charge is -2.11. The maximum absolute atomic E-state index is 4.65. The van der Waals surface area contributed by atoms with E-state index in [1.54, 1.807) is 11.3 Å². The van der Waals surface area contributed by atoms with Crippen LogP contribution in [0.3, 0.4) is 0 Å². The number of fused-ring (bicyclic) bond motifs is 1. The number of aromatic nitrogens is 1. The predicted molar refractivity (Wildman–Crippen MR) is 74.8 cm³/mol. The second kappa shape index (κ2) is 3.98. The zero-order valence-corrected chi connectivity index (χ0v) is 11.2. The molecule has 1 aromatic carbocycles. The summed E-state index contributed by atoms with van der Waals surface area (Å²) < 4.78 is 1.28. The van der Waals surface area contributed by atoms with Crippen LogP contribution in [-0.2, 0) is 0 Å². The van der Waals surface area contributed by atoms with Gasteiger partial charge in [0.1, 0.15) is 0 Å². The molecule has 1 heterocycles. The average molecular weight is 246 g/mol. The number of benzene rings is 1. The van der Waals surface area contributed by atoms with Gasteiger partial charge in [0.2, 0.25) is 0 Å². The molecule has 1 N–H and O–H groups in total. The molecule has 2 nitrogen and oxygen atoms in total. The molecule has 2 aromatic rings. The van der Waals surface area contributed by atoms with E-state index in [9.17, 15) is 0 Å². The first-order valence-corrected chi connectivity index (χ1v) is 7.13. The summed E-state index contributed by atoms with van der Waals surface area (Å²) in [6.07, 6.45) is 4.03. The summed E-state index contributed by atoms with van der Waals surface area (Å²) in [5, 5.41) is 4.59. The van der Waals surface area contributed by atoms with E-state index in [1.807, 2.05) is 0 Å². The van der Waals surface area contributed by atoms with E-state index >= 15 is 0 Å². The highest BCUT2D eigenvalue weighted by atomic mass is 32.1. The highest BCUT2D eigenvalue weighted by Gasteiger charge is 2.40. The molecular formula is C14H18N2S. The summed E-state index contributed by atoms with van der Waals surface area (Å²) in [4.78, 5) is 4.65. The molecule has 0 bridgehead atoms. The molecule has 1 aliphatic rings. The minimum absolute atomic E-state index is 0.577. The maximum Gasteiger partial charge on any atom is 0.183 e. The van der Waals surface area contributed by atoms with Gasteiger partial charge in [-0.25, -0.2) is 4.98 Å². The van der Waals surface area contributed by atoms with E-state index in [0.29, 0.717) is 5.41 Å². The Hall–Kier alpha value is -1.09. The highest BCUT2D eigenvalue weighted by molar-refractivity contribution is 7.22. The minimum atomic E-state index is 0.577. The molecule has 3 heteroatoms. The number of anilines is 1. The minimum Gasteiger partial charge on any atom is -0.361 e. The Morgan fingerprint density at radius 3 is 2.94 bits per heavy atom. The molecule has 1 saturated carbocycles. The van der Waals surface area contributed by atoms with Crippen molar-refractivity contribution in [2.45, 2.75) is 33.1 Å². The molecule has 0 aliphatic heterocycles. The maximum atomic E-state index is 4.65. The zero-order chi connectivity index (χ0) is 11.9. The summed E-state index contributed by atoms with van der Waals surface area (Å²) in [5.41, 5.74) is 2.98. The summed E-state index contributed by atoms with van der Waals surface area (Å²) in [5.74, 6) is 0. The van der Waals surface area contributed by atoms with Gasteiger partial charge in [-0.15, -0.1) is 0 Å². The van der Waals surface area contributed by atoms with Gasteiger partial charge < -0.3 is 5.32 Å². The molecule has 17 heavy (non-hydrogen) atoms. The fraction of sp³-hybridized carbons (Fsp3) is 0.500. The molecule has 1 fully saturated rings. The molecule has 1 aliphatic carbocycles. The van der Waals surface area contributed by atoms with Gasteiger partial charge in [-0.2, -0.15) is 0 Å².